The molecular weight excluding hydrogens is 228 g/mol. The topological polar surface area (TPSA) is 35.5 Å². The first kappa shape index (κ1) is 12.9. The van der Waals surface area contributed by atoms with Crippen LogP contribution in [0.2, 0.25) is 0 Å². The summed E-state index contributed by atoms with van der Waals surface area (Å²) < 4.78 is 10.9. The second-order valence-electron chi connectivity index (χ2n) is 4.76. The number of hydrogen-bond acceptors (Lipinski definition) is 3. The highest BCUT2D eigenvalue weighted by Gasteiger charge is 2.25. The van der Waals surface area contributed by atoms with E-state index in [0.717, 1.165) is 36.3 Å². The summed E-state index contributed by atoms with van der Waals surface area (Å²) >= 11 is 0. The van der Waals surface area contributed by atoms with E-state index >= 15 is 0 Å². The van der Waals surface area contributed by atoms with Gasteiger partial charge in [-0.2, -0.15) is 0 Å². The van der Waals surface area contributed by atoms with Crippen LogP contribution in [0.25, 0.3) is 0 Å². The third-order valence-electron chi connectivity index (χ3n) is 3.61. The molecule has 1 aromatic carbocycles. The molecule has 3 nitrogen and oxygen atoms in total. The van der Waals surface area contributed by atoms with E-state index in [4.69, 9.17) is 9.47 Å². The fourth-order valence-corrected chi connectivity index (χ4v) is 2.72. The maximum absolute atomic E-state index is 11.8. The Morgan fingerprint density at radius 2 is 1.78 bits per heavy atom. The first-order valence-corrected chi connectivity index (χ1v) is 6.49. The molecule has 0 heterocycles. The maximum Gasteiger partial charge on any atom is 0.133 e. The predicted octanol–water partition coefficient (Wildman–Crippen LogP) is 3.32. The van der Waals surface area contributed by atoms with Crippen molar-refractivity contribution in [2.45, 2.75) is 38.0 Å². The standard InChI is InChI=1S/C15H20O3/c1-17-13-8-5-9-14(18-2)15(13)11-6-3-4-7-12(16)10-11/h5,8-9,11H,3-4,6-7,10H2,1-2H3. The monoisotopic (exact) mass is 248 g/mol. The Balaban J connectivity index is 2.37. The molecule has 98 valence electrons. The lowest BCUT2D eigenvalue weighted by molar-refractivity contribution is -0.119. The van der Waals surface area contributed by atoms with Crippen LogP contribution in [0.3, 0.4) is 0 Å². The van der Waals surface area contributed by atoms with Crippen LogP contribution in [0.4, 0.5) is 0 Å². The van der Waals surface area contributed by atoms with Gasteiger partial charge in [0.25, 0.3) is 0 Å². The lowest BCUT2D eigenvalue weighted by atomic mass is 9.90. The molecule has 1 saturated carbocycles. The number of carbonyl (C=O) groups is 1. The Kier molecular flexibility index (Phi) is 4.24. The first-order valence-electron chi connectivity index (χ1n) is 6.49. The number of benzene rings is 1. The van der Waals surface area contributed by atoms with Gasteiger partial charge in [-0.25, -0.2) is 0 Å². The smallest absolute Gasteiger partial charge is 0.133 e. The van der Waals surface area contributed by atoms with Crippen molar-refractivity contribution in [3.05, 3.63) is 23.8 Å². The second kappa shape index (κ2) is 5.89. The molecule has 1 unspecified atom stereocenters. The van der Waals surface area contributed by atoms with Crippen molar-refractivity contribution in [3.63, 3.8) is 0 Å². The van der Waals surface area contributed by atoms with Gasteiger partial charge >= 0.3 is 0 Å². The fourth-order valence-electron chi connectivity index (χ4n) is 2.72. The summed E-state index contributed by atoms with van der Waals surface area (Å²) in [4.78, 5) is 11.8. The Labute approximate surface area is 108 Å². The van der Waals surface area contributed by atoms with E-state index in [9.17, 15) is 4.79 Å². The van der Waals surface area contributed by atoms with Crippen molar-refractivity contribution in [1.29, 1.82) is 0 Å². The average Bonchev–Trinajstić information content (AvgIpc) is 2.62. The summed E-state index contributed by atoms with van der Waals surface area (Å²) in [6, 6.07) is 5.79. The van der Waals surface area contributed by atoms with Crippen LogP contribution >= 0.6 is 0 Å². The van der Waals surface area contributed by atoms with Crippen LogP contribution in [-0.2, 0) is 4.79 Å². The van der Waals surface area contributed by atoms with E-state index < -0.39 is 0 Å². The second-order valence-corrected chi connectivity index (χ2v) is 4.76. The van der Waals surface area contributed by atoms with Crippen molar-refractivity contribution in [3.8, 4) is 11.5 Å². The van der Waals surface area contributed by atoms with Crippen molar-refractivity contribution < 1.29 is 14.3 Å². The molecule has 0 N–H and O–H groups in total. The van der Waals surface area contributed by atoms with E-state index in [1.807, 2.05) is 18.2 Å². The summed E-state index contributed by atoms with van der Waals surface area (Å²) in [5.41, 5.74) is 1.05. The molecule has 1 aliphatic rings. The molecule has 1 fully saturated rings. The van der Waals surface area contributed by atoms with Crippen LogP contribution in [0.5, 0.6) is 11.5 Å². The van der Waals surface area contributed by atoms with Gasteiger partial charge in [0.05, 0.1) is 14.2 Å². The zero-order chi connectivity index (χ0) is 13.0. The van der Waals surface area contributed by atoms with Crippen LogP contribution in [0.15, 0.2) is 18.2 Å². The summed E-state index contributed by atoms with van der Waals surface area (Å²) in [6.07, 6.45) is 4.46. The van der Waals surface area contributed by atoms with Gasteiger partial charge < -0.3 is 9.47 Å². The van der Waals surface area contributed by atoms with Gasteiger partial charge in [-0.3, -0.25) is 4.79 Å². The molecule has 0 radical (unpaired) electrons. The fraction of sp³-hybridized carbons (Fsp3) is 0.533. The lowest BCUT2D eigenvalue weighted by Crippen LogP contribution is -2.07. The minimum absolute atomic E-state index is 0.228. The molecule has 18 heavy (non-hydrogen) atoms. The summed E-state index contributed by atoms with van der Waals surface area (Å²) in [5.74, 6) is 2.24. The van der Waals surface area contributed by atoms with E-state index in [1.54, 1.807) is 14.2 Å². The van der Waals surface area contributed by atoms with Crippen LogP contribution in [0, 0.1) is 0 Å². The third-order valence-corrected chi connectivity index (χ3v) is 3.61. The zero-order valence-corrected chi connectivity index (χ0v) is 11.1. The molecule has 0 aromatic heterocycles. The number of rotatable bonds is 3. The molecule has 0 aliphatic heterocycles. The highest BCUT2D eigenvalue weighted by Crippen LogP contribution is 2.41. The molecule has 0 amide bonds. The van der Waals surface area contributed by atoms with E-state index in [-0.39, 0.29) is 5.92 Å². The highest BCUT2D eigenvalue weighted by atomic mass is 16.5. The number of methoxy groups -OCH3 is 2. The minimum Gasteiger partial charge on any atom is -0.496 e. The van der Waals surface area contributed by atoms with Crippen LogP contribution in [0.1, 0.15) is 43.6 Å². The molecule has 1 aromatic rings. The van der Waals surface area contributed by atoms with Crippen LogP contribution < -0.4 is 9.47 Å². The van der Waals surface area contributed by atoms with Crippen molar-refractivity contribution in [2.75, 3.05) is 14.2 Å². The summed E-state index contributed by atoms with van der Waals surface area (Å²) in [6.45, 7) is 0. The molecule has 2 rings (SSSR count). The maximum atomic E-state index is 11.8. The van der Waals surface area contributed by atoms with Gasteiger partial charge in [0, 0.05) is 18.4 Å². The molecule has 0 bridgehead atoms. The Hall–Kier alpha value is -1.51. The SMILES string of the molecule is COc1cccc(OC)c1C1CCCCC(=O)C1. The predicted molar refractivity (Wildman–Crippen MR) is 70.4 cm³/mol. The van der Waals surface area contributed by atoms with Gasteiger partial charge in [-0.05, 0) is 30.9 Å². The molecule has 0 saturated heterocycles. The lowest BCUT2D eigenvalue weighted by Gasteiger charge is -2.20. The Morgan fingerprint density at radius 3 is 2.39 bits per heavy atom. The summed E-state index contributed by atoms with van der Waals surface area (Å²) in [7, 11) is 3.33. The van der Waals surface area contributed by atoms with E-state index in [2.05, 4.69) is 0 Å². The normalized spacial score (nSPS) is 20.3. The molecule has 1 aliphatic carbocycles. The van der Waals surface area contributed by atoms with Crippen molar-refractivity contribution >= 4 is 5.78 Å². The van der Waals surface area contributed by atoms with E-state index in [1.165, 1.54) is 0 Å². The molecule has 3 heteroatoms. The Morgan fingerprint density at radius 1 is 1.11 bits per heavy atom. The highest BCUT2D eigenvalue weighted by molar-refractivity contribution is 5.79. The Bertz CT molecular complexity index is 403. The zero-order valence-electron chi connectivity index (χ0n) is 11.1. The van der Waals surface area contributed by atoms with Gasteiger partial charge in [0.2, 0.25) is 0 Å². The number of Topliss-reactive ketones (excluding diaryl/α,β-unsaturated/α-hetero) is 1. The number of carbonyl (C=O) groups excluding carboxylic acids is 1. The van der Waals surface area contributed by atoms with Gasteiger partial charge in [0.1, 0.15) is 17.3 Å². The largest absolute Gasteiger partial charge is 0.496 e. The summed E-state index contributed by atoms with van der Waals surface area (Å²) in [5, 5.41) is 0. The van der Waals surface area contributed by atoms with Gasteiger partial charge in [0.15, 0.2) is 0 Å². The van der Waals surface area contributed by atoms with Crippen molar-refractivity contribution in [1.82, 2.24) is 0 Å². The average molecular weight is 248 g/mol. The first-order chi connectivity index (χ1) is 8.76. The molecule has 0 spiro atoms. The van der Waals surface area contributed by atoms with Gasteiger partial charge in [-0.15, -0.1) is 0 Å². The molecule has 1 atom stereocenters. The van der Waals surface area contributed by atoms with Gasteiger partial charge in [-0.1, -0.05) is 12.5 Å². The number of ketones is 1. The number of hydrogen-bond donors (Lipinski definition) is 0. The van der Waals surface area contributed by atoms with Crippen LogP contribution in [-0.4, -0.2) is 20.0 Å². The quantitative estimate of drug-likeness (QED) is 0.770. The van der Waals surface area contributed by atoms with Crippen molar-refractivity contribution in [2.24, 2.45) is 0 Å². The minimum atomic E-state index is 0.228. The molecular formula is C15H20O3. The number of ether oxygens (including phenoxy) is 2. The third kappa shape index (κ3) is 2.66. The van der Waals surface area contributed by atoms with E-state index in [0.29, 0.717) is 18.6 Å².